The second kappa shape index (κ2) is 3.86. The van der Waals surface area contributed by atoms with Crippen LogP contribution in [0.2, 0.25) is 0 Å². The molecule has 4 N–H and O–H groups in total. The van der Waals surface area contributed by atoms with Crippen LogP contribution in [-0.2, 0) is 0 Å². The van der Waals surface area contributed by atoms with Gasteiger partial charge in [-0.15, -0.1) is 22.7 Å². The van der Waals surface area contributed by atoms with Crippen molar-refractivity contribution in [1.82, 2.24) is 10.2 Å². The van der Waals surface area contributed by atoms with E-state index < -0.39 is 0 Å². The Morgan fingerprint density at radius 3 is 3.06 bits per heavy atom. The summed E-state index contributed by atoms with van der Waals surface area (Å²) >= 11 is 3.09. The first-order chi connectivity index (χ1) is 8.24. The molecule has 3 heterocycles. The predicted octanol–water partition coefficient (Wildman–Crippen LogP) is 2.52. The smallest absolute Gasteiger partial charge is 0.266 e. The molecule has 0 unspecified atom stereocenters. The normalized spacial score (nSPS) is 10.8. The van der Waals surface area contributed by atoms with Crippen LogP contribution < -0.4 is 11.1 Å². The molecule has 86 valence electrons. The van der Waals surface area contributed by atoms with E-state index in [0.717, 1.165) is 9.40 Å². The zero-order valence-corrected chi connectivity index (χ0v) is 10.2. The number of nitrogens with zero attached hydrogens (tertiary/aromatic N) is 1. The molecule has 0 fully saturated rings. The molecule has 0 aromatic carbocycles. The maximum atomic E-state index is 11.9. The maximum absolute atomic E-state index is 11.9. The van der Waals surface area contributed by atoms with Gasteiger partial charge in [0.2, 0.25) is 0 Å². The molecule has 0 atom stereocenters. The molecule has 17 heavy (non-hydrogen) atoms. The van der Waals surface area contributed by atoms with Crippen LogP contribution in [0.1, 0.15) is 9.67 Å². The maximum Gasteiger partial charge on any atom is 0.266 e. The minimum atomic E-state index is -0.172. The van der Waals surface area contributed by atoms with E-state index in [1.165, 1.54) is 17.5 Å². The summed E-state index contributed by atoms with van der Waals surface area (Å²) in [7, 11) is 0. The highest BCUT2D eigenvalue weighted by Gasteiger charge is 2.13. The molecule has 0 aliphatic carbocycles. The first kappa shape index (κ1) is 10.3. The van der Waals surface area contributed by atoms with Crippen molar-refractivity contribution < 1.29 is 4.79 Å². The summed E-state index contributed by atoms with van der Waals surface area (Å²) in [5, 5.41) is 11.1. The number of amides is 1. The number of H-pyrrole nitrogens is 1. The Kier molecular flexibility index (Phi) is 2.34. The topological polar surface area (TPSA) is 83.8 Å². The predicted molar refractivity (Wildman–Crippen MR) is 70.7 cm³/mol. The first-order valence-electron chi connectivity index (χ1n) is 4.81. The molecule has 0 radical (unpaired) electrons. The number of aromatic amines is 1. The fraction of sp³-hybridized carbons (Fsp3) is 0. The molecular weight excluding hydrogens is 256 g/mol. The largest absolute Gasteiger partial charge is 0.394 e. The number of carbonyl (C=O) groups excluding carboxylic acids is 1. The van der Waals surface area contributed by atoms with Crippen LogP contribution in [0.5, 0.6) is 0 Å². The molecule has 0 saturated carbocycles. The van der Waals surface area contributed by atoms with Gasteiger partial charge in [-0.3, -0.25) is 9.89 Å². The minimum absolute atomic E-state index is 0.172. The number of rotatable bonds is 2. The van der Waals surface area contributed by atoms with E-state index in [1.54, 1.807) is 11.3 Å². The van der Waals surface area contributed by atoms with E-state index in [0.29, 0.717) is 16.4 Å². The second-order valence-electron chi connectivity index (χ2n) is 3.41. The van der Waals surface area contributed by atoms with E-state index in [1.807, 2.05) is 17.5 Å². The number of aromatic nitrogens is 2. The van der Waals surface area contributed by atoms with Crippen molar-refractivity contribution in [2.75, 3.05) is 11.1 Å². The molecule has 0 saturated heterocycles. The molecule has 1 amide bonds. The lowest BCUT2D eigenvalue weighted by Gasteiger charge is -2.00. The van der Waals surface area contributed by atoms with Gasteiger partial charge in [0.15, 0.2) is 5.82 Å². The number of anilines is 2. The fourth-order valence-corrected chi connectivity index (χ4v) is 3.45. The lowest BCUT2D eigenvalue weighted by molar-refractivity contribution is 0.103. The van der Waals surface area contributed by atoms with Crippen LogP contribution in [-0.4, -0.2) is 16.1 Å². The van der Waals surface area contributed by atoms with Gasteiger partial charge in [0, 0.05) is 9.40 Å². The first-order valence-corrected chi connectivity index (χ1v) is 6.51. The molecule has 5 nitrogen and oxygen atoms in total. The molecule has 0 aliphatic rings. The van der Waals surface area contributed by atoms with Crippen LogP contribution in [0, 0.1) is 0 Å². The third-order valence-electron chi connectivity index (χ3n) is 2.27. The van der Waals surface area contributed by atoms with Gasteiger partial charge < -0.3 is 11.1 Å². The van der Waals surface area contributed by atoms with Crippen LogP contribution in [0.3, 0.4) is 0 Å². The van der Waals surface area contributed by atoms with Crippen molar-refractivity contribution in [1.29, 1.82) is 0 Å². The monoisotopic (exact) mass is 264 g/mol. The summed E-state index contributed by atoms with van der Waals surface area (Å²) in [5.41, 5.74) is 6.05. The van der Waals surface area contributed by atoms with Crippen LogP contribution in [0.4, 0.5) is 11.5 Å². The van der Waals surface area contributed by atoms with E-state index in [9.17, 15) is 4.79 Å². The zero-order valence-electron chi connectivity index (χ0n) is 8.56. The third-order valence-corrected chi connectivity index (χ3v) is 4.36. The van der Waals surface area contributed by atoms with Crippen molar-refractivity contribution in [3.63, 3.8) is 0 Å². The van der Waals surface area contributed by atoms with Gasteiger partial charge in [0.1, 0.15) is 0 Å². The highest BCUT2D eigenvalue weighted by Crippen LogP contribution is 2.30. The number of hydrogen-bond donors (Lipinski definition) is 3. The van der Waals surface area contributed by atoms with Gasteiger partial charge in [-0.2, -0.15) is 5.10 Å². The minimum Gasteiger partial charge on any atom is -0.394 e. The Morgan fingerprint density at radius 2 is 2.35 bits per heavy atom. The van der Waals surface area contributed by atoms with Gasteiger partial charge in [0.25, 0.3) is 5.91 Å². The lowest BCUT2D eigenvalue weighted by Crippen LogP contribution is -2.11. The summed E-state index contributed by atoms with van der Waals surface area (Å²) in [5.74, 6) is 0.265. The van der Waals surface area contributed by atoms with Gasteiger partial charge in [0.05, 0.1) is 16.8 Å². The van der Waals surface area contributed by atoms with Crippen LogP contribution in [0.15, 0.2) is 23.7 Å². The highest BCUT2D eigenvalue weighted by atomic mass is 32.1. The molecule has 7 heteroatoms. The van der Waals surface area contributed by atoms with Crippen molar-refractivity contribution in [3.05, 3.63) is 28.6 Å². The van der Waals surface area contributed by atoms with Crippen molar-refractivity contribution in [2.45, 2.75) is 0 Å². The molecule has 0 aliphatic heterocycles. The molecule has 3 aromatic rings. The molecule has 3 rings (SSSR count). The van der Waals surface area contributed by atoms with Gasteiger partial charge in [-0.1, -0.05) is 0 Å². The Bertz CT molecular complexity index is 653. The Labute approximate surface area is 104 Å². The van der Waals surface area contributed by atoms with Gasteiger partial charge in [-0.05, 0) is 17.5 Å². The fourth-order valence-electron chi connectivity index (χ4n) is 1.45. The quantitative estimate of drug-likeness (QED) is 0.665. The van der Waals surface area contributed by atoms with E-state index >= 15 is 0 Å². The summed E-state index contributed by atoms with van der Waals surface area (Å²) in [4.78, 5) is 12.6. The molecular formula is C10H8N4OS2. The van der Waals surface area contributed by atoms with Gasteiger partial charge >= 0.3 is 0 Å². The van der Waals surface area contributed by atoms with E-state index in [2.05, 4.69) is 15.5 Å². The summed E-state index contributed by atoms with van der Waals surface area (Å²) < 4.78 is 2.25. The summed E-state index contributed by atoms with van der Waals surface area (Å²) in [6.07, 6.45) is 1.46. The van der Waals surface area contributed by atoms with E-state index in [4.69, 9.17) is 5.73 Å². The summed E-state index contributed by atoms with van der Waals surface area (Å²) in [6, 6.07) is 3.89. The number of nitrogens with two attached hydrogens (primary N) is 1. The number of hydrogen-bond acceptors (Lipinski definition) is 5. The van der Waals surface area contributed by atoms with Gasteiger partial charge in [-0.25, -0.2) is 0 Å². The molecule has 0 bridgehead atoms. The lowest BCUT2D eigenvalue weighted by atomic mass is 10.4. The summed E-state index contributed by atoms with van der Waals surface area (Å²) in [6.45, 7) is 0. The zero-order chi connectivity index (χ0) is 11.8. The third kappa shape index (κ3) is 1.79. The Hall–Kier alpha value is -1.86. The number of fused-ring (bicyclic) bond motifs is 1. The number of carbonyl (C=O) groups is 1. The van der Waals surface area contributed by atoms with Crippen molar-refractivity contribution in [3.8, 4) is 0 Å². The standard InChI is InChI=1S/C10H8N4OS2/c11-5-4-12-14-9(5)13-10(15)8-3-7-6(17-8)1-2-16-7/h1-4H,11H2,(H2,12,13,14,15). The van der Waals surface area contributed by atoms with Crippen LogP contribution >= 0.6 is 22.7 Å². The number of nitrogens with one attached hydrogen (secondary N) is 2. The van der Waals surface area contributed by atoms with E-state index in [-0.39, 0.29) is 5.91 Å². The number of thiophene rings is 2. The van der Waals surface area contributed by atoms with Crippen LogP contribution in [0.25, 0.3) is 9.40 Å². The van der Waals surface area contributed by atoms with Crippen molar-refractivity contribution in [2.24, 2.45) is 0 Å². The SMILES string of the molecule is Nc1cn[nH]c1NC(=O)c1cc2sccc2s1. The number of nitrogen functional groups attached to an aromatic ring is 1. The Morgan fingerprint density at radius 1 is 1.47 bits per heavy atom. The molecule has 3 aromatic heterocycles. The molecule has 0 spiro atoms. The second-order valence-corrected chi connectivity index (χ2v) is 5.45. The average Bonchev–Trinajstić information content (AvgIpc) is 2.93. The van der Waals surface area contributed by atoms with Crippen molar-refractivity contribution >= 4 is 49.5 Å². The average molecular weight is 264 g/mol. The highest BCUT2D eigenvalue weighted by molar-refractivity contribution is 7.27. The Balaban J connectivity index is 1.87.